The second-order valence-corrected chi connectivity index (χ2v) is 9.05. The smallest absolute Gasteiger partial charge is 0.280 e. The van der Waals surface area contributed by atoms with Crippen molar-refractivity contribution in [2.24, 2.45) is 4.99 Å². The van der Waals surface area contributed by atoms with Crippen molar-refractivity contribution in [3.8, 4) is 17.2 Å². The van der Waals surface area contributed by atoms with E-state index in [2.05, 4.69) is 41.1 Å². The van der Waals surface area contributed by atoms with Crippen LogP contribution in [0.4, 0.5) is 5.82 Å². The van der Waals surface area contributed by atoms with Crippen LogP contribution in [0.2, 0.25) is 0 Å². The Morgan fingerprint density at radius 2 is 2.00 bits per heavy atom. The van der Waals surface area contributed by atoms with Crippen LogP contribution in [0.25, 0.3) is 22.7 Å². The van der Waals surface area contributed by atoms with Crippen LogP contribution in [-0.2, 0) is 14.8 Å². The lowest BCUT2D eigenvalue weighted by molar-refractivity contribution is 0.330. The molecule has 13 heteroatoms. The number of fused-ring (bicyclic) bond motifs is 1. The fourth-order valence-corrected chi connectivity index (χ4v) is 4.47. The predicted octanol–water partition coefficient (Wildman–Crippen LogP) is 2.83. The van der Waals surface area contributed by atoms with Gasteiger partial charge in [0.05, 0.1) is 26.0 Å². The molecule has 0 fully saturated rings. The maximum absolute atomic E-state index is 12.8. The maximum atomic E-state index is 12.8. The molecule has 1 aliphatic heterocycles. The molecule has 186 valence electrons. The van der Waals surface area contributed by atoms with Crippen molar-refractivity contribution in [1.29, 1.82) is 0 Å². The minimum Gasteiger partial charge on any atom is -0.506 e. The molecule has 0 unspecified atom stereocenters. The standard InChI is InChI=1S/C24H19N7O5S/c1-3-36-19-11-6-8-15(27-19)23-29-22-24(31(23)21-16(32)9-7-10-17(21)35-2)28-18(14-26-22)30-37(33,34)20-12-4-5-13-25-20/h4-5,7,9-14,32H,3H2,1-2H3,(H,28,30). The van der Waals surface area contributed by atoms with E-state index in [-0.39, 0.29) is 45.1 Å². The van der Waals surface area contributed by atoms with Crippen LogP contribution >= 0.6 is 0 Å². The first-order chi connectivity index (χ1) is 17.9. The largest absolute Gasteiger partial charge is 0.506 e. The average molecular weight is 518 g/mol. The van der Waals surface area contributed by atoms with E-state index < -0.39 is 10.0 Å². The molecule has 0 saturated heterocycles. The van der Waals surface area contributed by atoms with Crippen LogP contribution in [-0.4, -0.2) is 57.6 Å². The molecule has 0 atom stereocenters. The van der Waals surface area contributed by atoms with Crippen LogP contribution in [0.3, 0.4) is 0 Å². The van der Waals surface area contributed by atoms with E-state index in [9.17, 15) is 13.5 Å². The van der Waals surface area contributed by atoms with Gasteiger partial charge < -0.3 is 14.6 Å². The van der Waals surface area contributed by atoms with Gasteiger partial charge in [-0.3, -0.25) is 9.29 Å². The SMILES string of the molecule is CCOC1=NC(c2nc3ncc(NS(=O)(=O)c4ccccn4)nc3n2-c2c(O)cccc2OC)=C=C=C1. The third-order valence-electron chi connectivity index (χ3n) is 5.06. The Hall–Kier alpha value is -4.96. The molecule has 0 aliphatic carbocycles. The van der Waals surface area contributed by atoms with E-state index >= 15 is 0 Å². The summed E-state index contributed by atoms with van der Waals surface area (Å²) >= 11 is 0. The molecule has 2 N–H and O–H groups in total. The summed E-state index contributed by atoms with van der Waals surface area (Å²) in [5.41, 5.74) is 6.42. The van der Waals surface area contributed by atoms with Gasteiger partial charge in [0.25, 0.3) is 10.0 Å². The summed E-state index contributed by atoms with van der Waals surface area (Å²) in [7, 11) is -2.60. The average Bonchev–Trinajstić information content (AvgIpc) is 3.27. The summed E-state index contributed by atoms with van der Waals surface area (Å²) in [5, 5.41) is 10.6. The minimum absolute atomic E-state index is 0.0909. The van der Waals surface area contributed by atoms with Gasteiger partial charge in [0.15, 0.2) is 33.7 Å². The first-order valence-corrected chi connectivity index (χ1v) is 12.4. The number of ether oxygens (including phenoxy) is 2. The van der Waals surface area contributed by atoms with E-state index in [0.717, 1.165) is 0 Å². The van der Waals surface area contributed by atoms with Crippen LogP contribution < -0.4 is 9.46 Å². The van der Waals surface area contributed by atoms with Gasteiger partial charge in [-0.2, -0.15) is 8.42 Å². The molecule has 5 rings (SSSR count). The van der Waals surface area contributed by atoms with Gasteiger partial charge in [0, 0.05) is 6.20 Å². The number of nitrogens with one attached hydrogen (secondary N) is 1. The topological polar surface area (TPSA) is 154 Å². The van der Waals surface area contributed by atoms with Crippen molar-refractivity contribution >= 4 is 38.7 Å². The zero-order chi connectivity index (χ0) is 26.0. The Kier molecular flexibility index (Phi) is 6.16. The second kappa shape index (κ2) is 9.59. The zero-order valence-corrected chi connectivity index (χ0v) is 20.4. The number of benzene rings is 1. The number of aliphatic imine (C=N–C) groups is 1. The molecular weight excluding hydrogens is 498 g/mol. The number of methoxy groups -OCH3 is 1. The lowest BCUT2D eigenvalue weighted by Crippen LogP contribution is -2.15. The van der Waals surface area contributed by atoms with Gasteiger partial charge in [0.1, 0.15) is 17.2 Å². The highest BCUT2D eigenvalue weighted by atomic mass is 32.2. The number of imidazole rings is 1. The fourth-order valence-electron chi connectivity index (χ4n) is 3.53. The molecule has 3 aromatic heterocycles. The molecule has 37 heavy (non-hydrogen) atoms. The molecule has 0 bridgehead atoms. The number of para-hydroxylation sites is 1. The second-order valence-electron chi connectivity index (χ2n) is 7.42. The van der Waals surface area contributed by atoms with E-state index in [1.54, 1.807) is 24.3 Å². The Balaban J connectivity index is 1.73. The lowest BCUT2D eigenvalue weighted by atomic mass is 10.2. The lowest BCUT2D eigenvalue weighted by Gasteiger charge is -2.14. The molecule has 4 aromatic rings. The van der Waals surface area contributed by atoms with Crippen LogP contribution in [0.1, 0.15) is 12.7 Å². The fraction of sp³-hybridized carbons (Fsp3) is 0.125. The van der Waals surface area contributed by atoms with Crippen molar-refractivity contribution in [3.63, 3.8) is 0 Å². The first kappa shape index (κ1) is 23.8. The number of sulfonamides is 1. The molecule has 1 aromatic carbocycles. The van der Waals surface area contributed by atoms with Gasteiger partial charge in [-0.05, 0) is 36.9 Å². The zero-order valence-electron chi connectivity index (χ0n) is 19.6. The Morgan fingerprint density at radius 3 is 2.76 bits per heavy atom. The normalized spacial score (nSPS) is 12.8. The quantitative estimate of drug-likeness (QED) is 0.352. The van der Waals surface area contributed by atoms with Gasteiger partial charge in [-0.1, -0.05) is 17.9 Å². The highest BCUT2D eigenvalue weighted by Crippen LogP contribution is 2.36. The van der Waals surface area contributed by atoms with Crippen LogP contribution in [0.5, 0.6) is 11.5 Å². The summed E-state index contributed by atoms with van der Waals surface area (Å²) in [6.45, 7) is 2.21. The number of phenols is 1. The van der Waals surface area contributed by atoms with Crippen molar-refractivity contribution in [3.05, 3.63) is 72.2 Å². The summed E-state index contributed by atoms with van der Waals surface area (Å²) < 4.78 is 40.4. The third kappa shape index (κ3) is 4.53. The van der Waals surface area contributed by atoms with Gasteiger partial charge in [-0.25, -0.2) is 24.9 Å². The number of pyridine rings is 1. The Labute approximate surface area is 211 Å². The molecule has 0 spiro atoms. The Morgan fingerprint density at radius 1 is 1.14 bits per heavy atom. The highest BCUT2D eigenvalue weighted by molar-refractivity contribution is 7.92. The van der Waals surface area contributed by atoms with Crippen LogP contribution in [0.15, 0.2) is 76.3 Å². The number of hydrogen-bond donors (Lipinski definition) is 2. The molecule has 0 amide bonds. The molecule has 0 radical (unpaired) electrons. The molecule has 12 nitrogen and oxygen atoms in total. The number of aromatic hydroxyl groups is 1. The van der Waals surface area contributed by atoms with Gasteiger partial charge >= 0.3 is 0 Å². The highest BCUT2D eigenvalue weighted by Gasteiger charge is 2.25. The van der Waals surface area contributed by atoms with E-state index in [1.807, 2.05) is 6.92 Å². The van der Waals surface area contributed by atoms with E-state index in [4.69, 9.17) is 9.47 Å². The summed E-state index contributed by atoms with van der Waals surface area (Å²) in [5.74, 6) is 0.547. The number of aromatic nitrogens is 5. The Bertz CT molecular complexity index is 1750. The number of nitrogens with zero attached hydrogens (tertiary/aromatic N) is 6. The van der Waals surface area contributed by atoms with Gasteiger partial charge in [0.2, 0.25) is 5.90 Å². The summed E-state index contributed by atoms with van der Waals surface area (Å²) in [6, 6.07) is 9.24. The van der Waals surface area contributed by atoms with Gasteiger partial charge in [-0.15, -0.1) is 0 Å². The summed E-state index contributed by atoms with van der Waals surface area (Å²) in [6.07, 6.45) is 4.12. The molecule has 0 saturated carbocycles. The van der Waals surface area contributed by atoms with E-state index in [1.165, 1.54) is 42.3 Å². The van der Waals surface area contributed by atoms with Crippen molar-refractivity contribution in [2.75, 3.05) is 18.4 Å². The predicted molar refractivity (Wildman–Crippen MR) is 134 cm³/mol. The maximum Gasteiger partial charge on any atom is 0.280 e. The first-order valence-electron chi connectivity index (χ1n) is 10.9. The molecule has 1 aliphatic rings. The number of rotatable bonds is 7. The van der Waals surface area contributed by atoms with Crippen LogP contribution in [0, 0.1) is 0 Å². The van der Waals surface area contributed by atoms with E-state index in [0.29, 0.717) is 18.3 Å². The molecular formula is C24H19N7O5S. The number of hydrogen-bond acceptors (Lipinski definition) is 10. The monoisotopic (exact) mass is 517 g/mol. The molecule has 4 heterocycles. The minimum atomic E-state index is -4.05. The van der Waals surface area contributed by atoms with Crippen molar-refractivity contribution in [2.45, 2.75) is 11.9 Å². The number of phenolic OH excluding ortho intramolecular Hbond substituents is 1. The number of anilines is 1. The third-order valence-corrected chi connectivity index (χ3v) is 6.33. The summed E-state index contributed by atoms with van der Waals surface area (Å²) in [4.78, 5) is 21.6. The van der Waals surface area contributed by atoms with Crippen molar-refractivity contribution < 1.29 is 23.0 Å². The van der Waals surface area contributed by atoms with Crippen molar-refractivity contribution in [1.82, 2.24) is 24.5 Å².